The molecule has 0 spiro atoms. The van der Waals surface area contributed by atoms with Crippen molar-refractivity contribution in [2.24, 2.45) is 0 Å². The molecule has 1 saturated heterocycles. The predicted octanol–water partition coefficient (Wildman–Crippen LogP) is 2.06. The molecule has 7 heteroatoms. The van der Waals surface area contributed by atoms with Crippen molar-refractivity contribution in [1.29, 1.82) is 0 Å². The van der Waals surface area contributed by atoms with Crippen LogP contribution in [0.4, 0.5) is 10.8 Å². The van der Waals surface area contributed by atoms with Crippen molar-refractivity contribution in [3.05, 3.63) is 41.4 Å². The third-order valence-corrected chi connectivity index (χ3v) is 4.54. The number of hydrogen-bond donors (Lipinski definition) is 1. The zero-order valence-electron chi connectivity index (χ0n) is 12.9. The fourth-order valence-corrected chi connectivity index (χ4v) is 3.25. The van der Waals surface area contributed by atoms with Crippen LogP contribution in [-0.2, 0) is 4.79 Å². The van der Waals surface area contributed by atoms with E-state index in [0.717, 1.165) is 18.2 Å². The number of thiazole rings is 1. The molecule has 1 aliphatic heterocycles. The molecular weight excluding hydrogens is 312 g/mol. The number of anilines is 2. The van der Waals surface area contributed by atoms with E-state index in [0.29, 0.717) is 24.3 Å². The predicted molar refractivity (Wildman–Crippen MR) is 91.0 cm³/mol. The zero-order valence-corrected chi connectivity index (χ0v) is 13.7. The molecule has 0 bridgehead atoms. The Bertz CT molecular complexity index is 677. The molecule has 120 valence electrons. The molecule has 1 fully saturated rings. The zero-order chi connectivity index (χ0) is 16.2. The fourth-order valence-electron chi connectivity index (χ4n) is 2.55. The summed E-state index contributed by atoms with van der Waals surface area (Å²) in [4.78, 5) is 31.9. The maximum Gasteiger partial charge on any atom is 0.253 e. The lowest BCUT2D eigenvalue weighted by molar-refractivity contribution is -0.114. The van der Waals surface area contributed by atoms with E-state index in [4.69, 9.17) is 0 Å². The molecular formula is C16H18N4O2S. The Balaban J connectivity index is 1.59. The van der Waals surface area contributed by atoms with Gasteiger partial charge in [0, 0.05) is 55.9 Å². The van der Waals surface area contributed by atoms with E-state index in [1.54, 1.807) is 41.8 Å². The molecule has 3 rings (SSSR count). The Morgan fingerprint density at radius 1 is 1.13 bits per heavy atom. The second-order valence-corrected chi connectivity index (χ2v) is 6.23. The van der Waals surface area contributed by atoms with Crippen molar-refractivity contribution in [2.45, 2.75) is 6.92 Å². The smallest absolute Gasteiger partial charge is 0.253 e. The van der Waals surface area contributed by atoms with Gasteiger partial charge in [-0.15, -0.1) is 11.3 Å². The average molecular weight is 330 g/mol. The van der Waals surface area contributed by atoms with Crippen molar-refractivity contribution in [1.82, 2.24) is 9.88 Å². The molecule has 2 aromatic rings. The Morgan fingerprint density at radius 3 is 2.39 bits per heavy atom. The van der Waals surface area contributed by atoms with Crippen molar-refractivity contribution in [3.63, 3.8) is 0 Å². The monoisotopic (exact) mass is 330 g/mol. The molecule has 0 unspecified atom stereocenters. The van der Waals surface area contributed by atoms with Gasteiger partial charge in [-0.2, -0.15) is 0 Å². The highest BCUT2D eigenvalue weighted by Crippen LogP contribution is 2.20. The minimum absolute atomic E-state index is 0.0261. The topological polar surface area (TPSA) is 65.5 Å². The molecule has 0 radical (unpaired) electrons. The van der Waals surface area contributed by atoms with Crippen LogP contribution in [-0.4, -0.2) is 47.9 Å². The molecule has 1 aromatic carbocycles. The number of rotatable bonds is 3. The van der Waals surface area contributed by atoms with Crippen LogP contribution in [0.25, 0.3) is 0 Å². The van der Waals surface area contributed by atoms with Gasteiger partial charge in [-0.05, 0) is 24.3 Å². The summed E-state index contributed by atoms with van der Waals surface area (Å²) >= 11 is 1.62. The SMILES string of the molecule is CC(=O)Nc1ccc(C(=O)N2CCN(c3nccs3)CC2)cc1. The van der Waals surface area contributed by atoms with E-state index < -0.39 is 0 Å². The molecule has 0 aliphatic carbocycles. The van der Waals surface area contributed by atoms with Crippen LogP contribution in [0.15, 0.2) is 35.8 Å². The molecule has 0 atom stereocenters. The molecule has 1 aliphatic rings. The summed E-state index contributed by atoms with van der Waals surface area (Å²) in [6.07, 6.45) is 1.80. The summed E-state index contributed by atoms with van der Waals surface area (Å²) in [5, 5.41) is 5.67. The summed E-state index contributed by atoms with van der Waals surface area (Å²) in [7, 11) is 0. The van der Waals surface area contributed by atoms with Crippen LogP contribution in [0.2, 0.25) is 0 Å². The van der Waals surface area contributed by atoms with E-state index in [2.05, 4.69) is 15.2 Å². The number of nitrogens with zero attached hydrogens (tertiary/aromatic N) is 3. The van der Waals surface area contributed by atoms with Crippen LogP contribution in [0, 0.1) is 0 Å². The van der Waals surface area contributed by atoms with Gasteiger partial charge in [0.2, 0.25) is 5.91 Å². The lowest BCUT2D eigenvalue weighted by Gasteiger charge is -2.34. The molecule has 1 aromatic heterocycles. The van der Waals surface area contributed by atoms with Crippen LogP contribution in [0.1, 0.15) is 17.3 Å². The first-order valence-corrected chi connectivity index (χ1v) is 8.33. The number of piperazine rings is 1. The largest absolute Gasteiger partial charge is 0.345 e. The molecule has 2 amide bonds. The summed E-state index contributed by atoms with van der Waals surface area (Å²) in [5.41, 5.74) is 1.34. The number of carbonyl (C=O) groups is 2. The molecule has 0 saturated carbocycles. The van der Waals surface area contributed by atoms with Crippen molar-refractivity contribution in [3.8, 4) is 0 Å². The van der Waals surface area contributed by atoms with Gasteiger partial charge in [-0.25, -0.2) is 4.98 Å². The van der Waals surface area contributed by atoms with Gasteiger partial charge < -0.3 is 15.1 Å². The number of nitrogens with one attached hydrogen (secondary N) is 1. The van der Waals surface area contributed by atoms with Gasteiger partial charge in [0.1, 0.15) is 0 Å². The number of amides is 2. The maximum absolute atomic E-state index is 12.5. The van der Waals surface area contributed by atoms with Gasteiger partial charge in [0.15, 0.2) is 5.13 Å². The van der Waals surface area contributed by atoms with Gasteiger partial charge in [-0.3, -0.25) is 9.59 Å². The molecule has 6 nitrogen and oxygen atoms in total. The van der Waals surface area contributed by atoms with Crippen LogP contribution < -0.4 is 10.2 Å². The third kappa shape index (κ3) is 3.68. The van der Waals surface area contributed by atoms with Crippen molar-refractivity contribution in [2.75, 3.05) is 36.4 Å². The van der Waals surface area contributed by atoms with Gasteiger partial charge >= 0.3 is 0 Å². The molecule has 2 heterocycles. The van der Waals surface area contributed by atoms with Crippen molar-refractivity contribution >= 4 is 34.0 Å². The average Bonchev–Trinajstić information content (AvgIpc) is 3.09. The number of benzene rings is 1. The maximum atomic E-state index is 12.5. The normalized spacial score (nSPS) is 14.7. The highest BCUT2D eigenvalue weighted by molar-refractivity contribution is 7.13. The van der Waals surface area contributed by atoms with Crippen LogP contribution in [0.3, 0.4) is 0 Å². The fraction of sp³-hybridized carbons (Fsp3) is 0.312. The molecule has 1 N–H and O–H groups in total. The second-order valence-electron chi connectivity index (χ2n) is 5.35. The van der Waals surface area contributed by atoms with Crippen LogP contribution >= 0.6 is 11.3 Å². The minimum Gasteiger partial charge on any atom is -0.345 e. The first-order chi connectivity index (χ1) is 11.1. The lowest BCUT2D eigenvalue weighted by Crippen LogP contribution is -2.48. The quantitative estimate of drug-likeness (QED) is 0.935. The number of carbonyl (C=O) groups excluding carboxylic acids is 2. The van der Waals surface area contributed by atoms with E-state index >= 15 is 0 Å². The second kappa shape index (κ2) is 6.78. The Hall–Kier alpha value is -2.41. The third-order valence-electron chi connectivity index (χ3n) is 3.71. The highest BCUT2D eigenvalue weighted by Gasteiger charge is 2.23. The minimum atomic E-state index is -0.123. The van der Waals surface area contributed by atoms with Gasteiger partial charge in [-0.1, -0.05) is 0 Å². The Kier molecular flexibility index (Phi) is 4.57. The van der Waals surface area contributed by atoms with Crippen molar-refractivity contribution < 1.29 is 9.59 Å². The van der Waals surface area contributed by atoms with E-state index in [-0.39, 0.29) is 11.8 Å². The first kappa shape index (κ1) is 15.5. The lowest BCUT2D eigenvalue weighted by atomic mass is 10.1. The highest BCUT2D eigenvalue weighted by atomic mass is 32.1. The van der Waals surface area contributed by atoms with Crippen LogP contribution in [0.5, 0.6) is 0 Å². The first-order valence-electron chi connectivity index (χ1n) is 7.45. The van der Waals surface area contributed by atoms with Gasteiger partial charge in [0.25, 0.3) is 5.91 Å². The summed E-state index contributed by atoms with van der Waals surface area (Å²) in [6, 6.07) is 7.00. The summed E-state index contributed by atoms with van der Waals surface area (Å²) in [5.74, 6) is -0.0967. The number of aromatic nitrogens is 1. The van der Waals surface area contributed by atoms with E-state index in [1.807, 2.05) is 10.3 Å². The number of hydrogen-bond acceptors (Lipinski definition) is 5. The Labute approximate surface area is 138 Å². The van der Waals surface area contributed by atoms with Gasteiger partial charge in [0.05, 0.1) is 0 Å². The standard InChI is InChI=1S/C16H18N4O2S/c1-12(21)18-14-4-2-13(3-5-14)15(22)19-7-9-20(10-8-19)16-17-6-11-23-16/h2-6,11H,7-10H2,1H3,(H,18,21). The summed E-state index contributed by atoms with van der Waals surface area (Å²) < 4.78 is 0. The Morgan fingerprint density at radius 2 is 1.83 bits per heavy atom. The molecule has 23 heavy (non-hydrogen) atoms. The summed E-state index contributed by atoms with van der Waals surface area (Å²) in [6.45, 7) is 4.42. The van der Waals surface area contributed by atoms with E-state index in [9.17, 15) is 9.59 Å². The van der Waals surface area contributed by atoms with E-state index in [1.165, 1.54) is 6.92 Å².